The van der Waals surface area contributed by atoms with Crippen LogP contribution in [-0.4, -0.2) is 91.0 Å². The van der Waals surface area contributed by atoms with Crippen LogP contribution in [0.2, 0.25) is 0 Å². The Hall–Kier alpha value is -4.22. The molecule has 5 amide bonds. The van der Waals surface area contributed by atoms with Gasteiger partial charge in [-0.1, -0.05) is 70.7 Å². The second-order valence-corrected chi connectivity index (χ2v) is 18.2. The summed E-state index contributed by atoms with van der Waals surface area (Å²) in [6.45, 7) is 9.99. The van der Waals surface area contributed by atoms with Gasteiger partial charge in [0.05, 0.1) is 10.9 Å². The summed E-state index contributed by atoms with van der Waals surface area (Å²) in [5, 5.41) is 11.3. The Labute approximate surface area is 319 Å². The Kier molecular flexibility index (Phi) is 13.3. The van der Waals surface area contributed by atoms with Crippen LogP contribution in [0.25, 0.3) is 0 Å². The number of urea groups is 1. The van der Waals surface area contributed by atoms with Crippen molar-refractivity contribution in [1.29, 1.82) is 0 Å². The van der Waals surface area contributed by atoms with Crippen molar-refractivity contribution in [2.24, 2.45) is 23.2 Å². The lowest BCUT2D eigenvalue weighted by Crippen LogP contribution is -2.61. The van der Waals surface area contributed by atoms with Crippen molar-refractivity contribution < 1.29 is 32.4 Å². The minimum atomic E-state index is -3.75. The fourth-order valence-electron chi connectivity index (χ4n) is 8.60. The molecule has 1 saturated heterocycles. The molecule has 6 atom stereocenters. The molecule has 14 heteroatoms. The number of carbonyl (C=O) groups excluding carboxylic acids is 5. The first-order chi connectivity index (χ1) is 25.7. The van der Waals surface area contributed by atoms with Crippen LogP contribution in [0.3, 0.4) is 0 Å². The highest BCUT2D eigenvalue weighted by Gasteiger charge is 2.52. The number of nitrogens with zero attached hydrogens (tertiary/aromatic N) is 2. The zero-order chi connectivity index (χ0) is 39.2. The molecule has 1 aromatic rings. The van der Waals surface area contributed by atoms with E-state index in [1.807, 2.05) is 20.8 Å². The number of amides is 5. The summed E-state index contributed by atoms with van der Waals surface area (Å²) >= 11 is 0. The summed E-state index contributed by atoms with van der Waals surface area (Å²) in [5.74, 6) is -0.303. The molecule has 2 aliphatic carbocycles. The first kappa shape index (κ1) is 41.0. The van der Waals surface area contributed by atoms with Crippen LogP contribution in [0.15, 0.2) is 41.8 Å². The fraction of sp³-hybridized carbons (Fsp3) is 0.625. The number of fused-ring (bicyclic) bond motifs is 2. The smallest absolute Gasteiger partial charge is 0.315 e. The Balaban J connectivity index is 1.36. The van der Waals surface area contributed by atoms with Gasteiger partial charge in [0.2, 0.25) is 27.6 Å². The molecule has 2 heterocycles. The summed E-state index contributed by atoms with van der Waals surface area (Å²) in [6, 6.07) is 2.70. The number of hydrogen-bond donors (Lipinski definition) is 4. The number of benzene rings is 1. The summed E-state index contributed by atoms with van der Waals surface area (Å²) < 4.78 is 28.2. The maximum absolute atomic E-state index is 14.8. The number of Topliss-reactive ketones (excluding diaryl/α,β-unsaturated/α-hetero) is 1. The fourth-order valence-corrected chi connectivity index (χ4v) is 10.3. The highest BCUT2D eigenvalue weighted by molar-refractivity contribution is 7.89. The van der Waals surface area contributed by atoms with Crippen LogP contribution >= 0.6 is 0 Å². The van der Waals surface area contributed by atoms with Gasteiger partial charge in [-0.2, -0.15) is 4.31 Å². The van der Waals surface area contributed by atoms with E-state index in [2.05, 4.69) is 33.8 Å². The Morgan fingerprint density at radius 1 is 1.00 bits per heavy atom. The van der Waals surface area contributed by atoms with Crippen molar-refractivity contribution in [2.75, 3.05) is 19.6 Å². The number of terminal acetylenes is 1. The summed E-state index contributed by atoms with van der Waals surface area (Å²) in [5.41, 5.74) is 0.159. The highest BCUT2D eigenvalue weighted by Crippen LogP contribution is 2.43. The van der Waals surface area contributed by atoms with E-state index in [4.69, 9.17) is 6.42 Å². The molecule has 2 aliphatic heterocycles. The van der Waals surface area contributed by atoms with Crippen molar-refractivity contribution in [3.63, 3.8) is 0 Å². The van der Waals surface area contributed by atoms with E-state index < -0.39 is 63.2 Å². The molecule has 0 aromatic heterocycles. The van der Waals surface area contributed by atoms with Gasteiger partial charge in [-0.15, -0.1) is 18.9 Å². The monoisotopic (exact) mass is 764 g/mol. The number of nitrogens with one attached hydrogen (secondary N) is 4. The molecule has 294 valence electrons. The van der Waals surface area contributed by atoms with E-state index >= 15 is 0 Å². The number of sulfonamides is 1. The van der Waals surface area contributed by atoms with Crippen molar-refractivity contribution in [3.05, 3.63) is 42.5 Å². The van der Waals surface area contributed by atoms with Crippen LogP contribution < -0.4 is 21.3 Å². The largest absolute Gasteiger partial charge is 0.346 e. The summed E-state index contributed by atoms with van der Waals surface area (Å²) in [7, 11) is -3.75. The summed E-state index contributed by atoms with van der Waals surface area (Å²) in [4.78, 5) is 70.5. The number of likely N-dealkylation sites (tertiary alicyclic amines) is 1. The van der Waals surface area contributed by atoms with E-state index in [1.165, 1.54) is 10.4 Å². The van der Waals surface area contributed by atoms with Gasteiger partial charge < -0.3 is 26.2 Å². The Morgan fingerprint density at radius 3 is 2.39 bits per heavy atom. The van der Waals surface area contributed by atoms with Crippen LogP contribution in [0.1, 0.15) is 90.5 Å². The van der Waals surface area contributed by atoms with Crippen molar-refractivity contribution in [1.82, 2.24) is 30.5 Å². The third-order valence-corrected chi connectivity index (χ3v) is 13.5. The molecule has 1 aromatic carbocycles. The minimum Gasteiger partial charge on any atom is -0.346 e. The van der Waals surface area contributed by atoms with E-state index in [1.54, 1.807) is 29.2 Å². The van der Waals surface area contributed by atoms with Crippen molar-refractivity contribution >= 4 is 39.6 Å². The molecule has 0 spiro atoms. The predicted octanol–water partition coefficient (Wildman–Crippen LogP) is 3.25. The quantitative estimate of drug-likeness (QED) is 0.128. The maximum atomic E-state index is 14.8. The average molecular weight is 765 g/mol. The third kappa shape index (κ3) is 9.17. The van der Waals surface area contributed by atoms with E-state index in [9.17, 15) is 32.4 Å². The molecule has 2 saturated carbocycles. The molecule has 54 heavy (non-hydrogen) atoms. The first-order valence-electron chi connectivity index (χ1n) is 19.3. The molecular weight excluding hydrogens is 709 g/mol. The summed E-state index contributed by atoms with van der Waals surface area (Å²) in [6.07, 6.45) is 13.9. The van der Waals surface area contributed by atoms with Gasteiger partial charge in [-0.05, 0) is 66.9 Å². The molecule has 3 fully saturated rings. The van der Waals surface area contributed by atoms with Crippen molar-refractivity contribution in [2.45, 2.75) is 121 Å². The second kappa shape index (κ2) is 17.5. The standard InChI is InChI=1S/C40H56N6O7S/c1-6-8-20-30(35(47)37(49)41-22-7-2)42-36(48)34-29-19-14-18-27(29)24-46(34)38(50)33(26-15-10-9-11-16-26)44-39(51)43-32(40(3,4)5)25-45-23-28-17-12-13-21-31(28)54(45,52)53/h1,7,12-13,17,21,26-27,29-30,32-34H,2,8-11,14-16,18-20,22-25H2,3-5H3,(H,41,49)(H,42,48)(H2,43,44,51)/t27-,29-,30?,32+,33-,34-/m0/s1. The molecule has 0 radical (unpaired) electrons. The normalized spacial score (nSPS) is 23.9. The zero-order valence-corrected chi connectivity index (χ0v) is 32.6. The maximum Gasteiger partial charge on any atom is 0.315 e. The molecule has 13 nitrogen and oxygen atoms in total. The predicted molar refractivity (Wildman–Crippen MR) is 204 cm³/mol. The Bertz CT molecular complexity index is 1740. The molecule has 4 N–H and O–H groups in total. The molecule has 1 unspecified atom stereocenters. The minimum absolute atomic E-state index is 0.0406. The lowest BCUT2D eigenvalue weighted by atomic mass is 9.83. The van der Waals surface area contributed by atoms with Crippen LogP contribution in [0.4, 0.5) is 4.79 Å². The number of carbonyl (C=O) groups is 5. The average Bonchev–Trinajstić information content (AvgIpc) is 3.82. The number of rotatable bonds is 14. The second-order valence-electron chi connectivity index (χ2n) is 16.3. The van der Waals surface area contributed by atoms with Gasteiger partial charge in [0.25, 0.3) is 5.91 Å². The Morgan fingerprint density at radius 2 is 1.72 bits per heavy atom. The molecule has 5 rings (SSSR count). The van der Waals surface area contributed by atoms with Crippen molar-refractivity contribution in [3.8, 4) is 12.3 Å². The van der Waals surface area contributed by atoms with Gasteiger partial charge >= 0.3 is 6.03 Å². The van der Waals surface area contributed by atoms with E-state index in [0.29, 0.717) is 12.1 Å². The lowest BCUT2D eigenvalue weighted by molar-refractivity contribution is -0.144. The number of ketones is 1. The van der Waals surface area contributed by atoms with Gasteiger partial charge in [-0.3, -0.25) is 19.2 Å². The highest BCUT2D eigenvalue weighted by atomic mass is 32.2. The van der Waals surface area contributed by atoms with Crippen LogP contribution in [-0.2, 0) is 35.7 Å². The molecule has 0 bridgehead atoms. The third-order valence-electron chi connectivity index (χ3n) is 11.6. The SMILES string of the molecule is C#CCCC(NC(=O)[C@@H]1[C@H]2CCC[C@H]2CN1C(=O)[C@@H](NC(=O)N[C@H](CN1Cc2ccccc2S1(=O)=O)C(C)(C)C)C1CCCCC1)C(=O)C(=O)NCC=C. The topological polar surface area (TPSA) is 174 Å². The van der Waals surface area contributed by atoms with E-state index in [0.717, 1.165) is 51.4 Å². The van der Waals surface area contributed by atoms with Crippen LogP contribution in [0, 0.1) is 35.5 Å². The zero-order valence-electron chi connectivity index (χ0n) is 31.8. The van der Waals surface area contributed by atoms with Gasteiger partial charge in [0, 0.05) is 38.6 Å². The van der Waals surface area contributed by atoms with Gasteiger partial charge in [0.15, 0.2) is 0 Å². The first-order valence-corrected chi connectivity index (χ1v) is 20.7. The molecule has 4 aliphatic rings. The van der Waals surface area contributed by atoms with E-state index in [-0.39, 0.29) is 61.0 Å². The lowest BCUT2D eigenvalue weighted by Gasteiger charge is -2.37. The number of hydrogen-bond acceptors (Lipinski definition) is 7. The van der Waals surface area contributed by atoms with Gasteiger partial charge in [-0.25, -0.2) is 13.2 Å². The van der Waals surface area contributed by atoms with Gasteiger partial charge in [0.1, 0.15) is 12.1 Å². The molecular formula is C40H56N6O7S. The van der Waals surface area contributed by atoms with Crippen LogP contribution in [0.5, 0.6) is 0 Å².